The van der Waals surface area contributed by atoms with Crippen molar-refractivity contribution in [2.24, 2.45) is 0 Å². The molecule has 7 heteroatoms. The largest absolute Gasteiger partial charge is 0.487 e. The first-order chi connectivity index (χ1) is 14.2. The zero-order valence-electron chi connectivity index (χ0n) is 16.3. The first-order valence-corrected chi connectivity index (χ1v) is 10.9. The number of nitrogens with zero attached hydrogens (tertiary/aromatic N) is 3. The molecular formula is C22H25N3O3S. The fraction of sp³-hybridized carbons (Fsp3) is 0.364. The molecule has 3 aromatic rings. The molecule has 4 rings (SSSR count). The number of thiophene rings is 1. The summed E-state index contributed by atoms with van der Waals surface area (Å²) in [6.45, 7) is 5.75. The number of ether oxygens (including phenoxy) is 1. The molecule has 0 radical (unpaired) electrons. The Bertz CT molecular complexity index is 967. The van der Waals surface area contributed by atoms with E-state index in [1.165, 1.54) is 21.8 Å². The van der Waals surface area contributed by atoms with E-state index in [9.17, 15) is 10.1 Å². The number of hydrogen-bond acceptors (Lipinski definition) is 6. The van der Waals surface area contributed by atoms with Gasteiger partial charge in [0.1, 0.15) is 0 Å². The third-order valence-electron chi connectivity index (χ3n) is 5.37. The van der Waals surface area contributed by atoms with Crippen LogP contribution in [0.4, 0.5) is 11.4 Å². The Hall–Kier alpha value is -2.64. The van der Waals surface area contributed by atoms with Gasteiger partial charge in [-0.05, 0) is 49.0 Å². The van der Waals surface area contributed by atoms with Gasteiger partial charge in [-0.25, -0.2) is 0 Å². The summed E-state index contributed by atoms with van der Waals surface area (Å²) < 4.78 is 6.98. The minimum Gasteiger partial charge on any atom is -0.487 e. The van der Waals surface area contributed by atoms with Gasteiger partial charge in [0.2, 0.25) is 0 Å². The van der Waals surface area contributed by atoms with E-state index >= 15 is 0 Å². The Kier molecular flexibility index (Phi) is 6.27. The number of nitro groups is 1. The molecule has 6 nitrogen and oxygen atoms in total. The van der Waals surface area contributed by atoms with Gasteiger partial charge in [0.15, 0.2) is 5.75 Å². The van der Waals surface area contributed by atoms with Crippen LogP contribution in [0.1, 0.15) is 12.8 Å². The number of fused-ring (bicyclic) bond motifs is 1. The minimum absolute atomic E-state index is 0.0317. The molecule has 1 saturated heterocycles. The van der Waals surface area contributed by atoms with Crippen molar-refractivity contribution in [3.63, 3.8) is 0 Å². The number of nitro benzene ring substituents is 1. The molecule has 2 aromatic carbocycles. The molecule has 152 valence electrons. The van der Waals surface area contributed by atoms with Crippen molar-refractivity contribution in [2.45, 2.75) is 12.8 Å². The number of rotatable bonds is 8. The van der Waals surface area contributed by atoms with E-state index in [1.54, 1.807) is 29.5 Å². The maximum Gasteiger partial charge on any atom is 0.310 e. The molecule has 0 bridgehead atoms. The van der Waals surface area contributed by atoms with E-state index in [0.717, 1.165) is 45.6 Å². The predicted octanol–water partition coefficient (Wildman–Crippen LogP) is 4.79. The van der Waals surface area contributed by atoms with E-state index < -0.39 is 4.92 Å². The highest BCUT2D eigenvalue weighted by molar-refractivity contribution is 7.17. The van der Waals surface area contributed by atoms with E-state index in [-0.39, 0.29) is 5.69 Å². The third kappa shape index (κ3) is 4.68. The van der Waals surface area contributed by atoms with Gasteiger partial charge < -0.3 is 9.64 Å². The quantitative estimate of drug-likeness (QED) is 0.303. The Morgan fingerprint density at radius 2 is 1.83 bits per heavy atom. The summed E-state index contributed by atoms with van der Waals surface area (Å²) in [5.74, 6) is 0.355. The normalized spacial score (nSPS) is 15.0. The van der Waals surface area contributed by atoms with Crippen LogP contribution in [0.2, 0.25) is 0 Å². The van der Waals surface area contributed by atoms with Crippen molar-refractivity contribution in [3.05, 3.63) is 64.0 Å². The molecule has 29 heavy (non-hydrogen) atoms. The Balaban J connectivity index is 1.19. The van der Waals surface area contributed by atoms with Gasteiger partial charge in [0, 0.05) is 48.0 Å². The van der Waals surface area contributed by atoms with Gasteiger partial charge >= 0.3 is 5.69 Å². The number of para-hydroxylation sites is 2. The van der Waals surface area contributed by atoms with Crippen LogP contribution >= 0.6 is 11.3 Å². The van der Waals surface area contributed by atoms with Crippen LogP contribution in [0, 0.1) is 10.1 Å². The second-order valence-electron chi connectivity index (χ2n) is 7.22. The smallest absolute Gasteiger partial charge is 0.310 e. The van der Waals surface area contributed by atoms with E-state index in [1.807, 2.05) is 0 Å². The summed E-state index contributed by atoms with van der Waals surface area (Å²) >= 11 is 1.80. The molecule has 1 aliphatic heterocycles. The van der Waals surface area contributed by atoms with Crippen molar-refractivity contribution in [1.82, 2.24) is 4.90 Å². The third-order valence-corrected chi connectivity index (χ3v) is 6.26. The van der Waals surface area contributed by atoms with Gasteiger partial charge in [0.05, 0.1) is 11.5 Å². The average molecular weight is 412 g/mol. The van der Waals surface area contributed by atoms with Crippen LogP contribution < -0.4 is 9.64 Å². The van der Waals surface area contributed by atoms with Crippen LogP contribution in [0.3, 0.4) is 0 Å². The van der Waals surface area contributed by atoms with E-state index in [0.29, 0.717) is 12.4 Å². The van der Waals surface area contributed by atoms with E-state index in [4.69, 9.17) is 4.74 Å². The van der Waals surface area contributed by atoms with E-state index in [2.05, 4.69) is 39.4 Å². The summed E-state index contributed by atoms with van der Waals surface area (Å²) in [5, 5.41) is 14.5. The van der Waals surface area contributed by atoms with Gasteiger partial charge in [-0.15, -0.1) is 11.3 Å². The van der Waals surface area contributed by atoms with Gasteiger partial charge in [-0.1, -0.05) is 18.2 Å². The number of hydrogen-bond donors (Lipinski definition) is 0. The van der Waals surface area contributed by atoms with Crippen molar-refractivity contribution < 1.29 is 9.66 Å². The van der Waals surface area contributed by atoms with Crippen LogP contribution in [0.25, 0.3) is 10.1 Å². The molecule has 0 amide bonds. The van der Waals surface area contributed by atoms with Crippen molar-refractivity contribution in [1.29, 1.82) is 0 Å². The maximum absolute atomic E-state index is 11.0. The second kappa shape index (κ2) is 9.24. The van der Waals surface area contributed by atoms with Crippen LogP contribution in [0.5, 0.6) is 5.75 Å². The van der Waals surface area contributed by atoms with Gasteiger partial charge in [0.25, 0.3) is 0 Å². The van der Waals surface area contributed by atoms with Crippen LogP contribution in [-0.2, 0) is 0 Å². The molecule has 0 unspecified atom stereocenters. The number of benzene rings is 2. The summed E-state index contributed by atoms with van der Waals surface area (Å²) in [4.78, 5) is 15.6. The Morgan fingerprint density at radius 3 is 2.66 bits per heavy atom. The molecule has 1 aromatic heterocycles. The van der Waals surface area contributed by atoms with Crippen molar-refractivity contribution in [3.8, 4) is 5.75 Å². The SMILES string of the molecule is O=[N+]([O-])c1ccccc1OCCCCN1CCN(c2cccc3sccc23)CC1. The van der Waals surface area contributed by atoms with Gasteiger partial charge in [-0.3, -0.25) is 15.0 Å². The molecule has 1 fully saturated rings. The molecule has 2 heterocycles. The highest BCUT2D eigenvalue weighted by atomic mass is 32.1. The topological polar surface area (TPSA) is 58.9 Å². The van der Waals surface area contributed by atoms with Crippen molar-refractivity contribution >= 4 is 32.8 Å². The number of anilines is 1. The standard InChI is InChI=1S/C22H25N3O3S/c26-25(27)20-6-1-2-8-21(20)28-16-4-3-11-23-12-14-24(15-13-23)19-7-5-9-22-18(19)10-17-29-22/h1-2,5-10,17H,3-4,11-16H2. The molecule has 1 aliphatic rings. The number of unbranched alkanes of at least 4 members (excludes halogenated alkanes) is 1. The maximum atomic E-state index is 11.0. The highest BCUT2D eigenvalue weighted by Crippen LogP contribution is 2.31. The zero-order valence-corrected chi connectivity index (χ0v) is 17.1. The molecule has 0 N–H and O–H groups in total. The molecular weight excluding hydrogens is 386 g/mol. The predicted molar refractivity (Wildman–Crippen MR) is 118 cm³/mol. The van der Waals surface area contributed by atoms with Crippen LogP contribution in [-0.4, -0.2) is 49.2 Å². The summed E-state index contributed by atoms with van der Waals surface area (Å²) in [6, 6.07) is 15.3. The summed E-state index contributed by atoms with van der Waals surface area (Å²) in [7, 11) is 0. The second-order valence-corrected chi connectivity index (χ2v) is 8.17. The lowest BCUT2D eigenvalue weighted by Gasteiger charge is -2.36. The molecule has 0 atom stereocenters. The monoisotopic (exact) mass is 411 g/mol. The lowest BCUT2D eigenvalue weighted by Crippen LogP contribution is -2.46. The fourth-order valence-electron chi connectivity index (χ4n) is 3.82. The first-order valence-electron chi connectivity index (χ1n) is 10.0. The Labute approximate surface area is 174 Å². The number of piperazine rings is 1. The lowest BCUT2D eigenvalue weighted by atomic mass is 10.2. The summed E-state index contributed by atoms with van der Waals surface area (Å²) in [6.07, 6.45) is 1.92. The average Bonchev–Trinajstić information content (AvgIpc) is 3.23. The Morgan fingerprint density at radius 1 is 1.00 bits per heavy atom. The fourth-order valence-corrected chi connectivity index (χ4v) is 4.62. The zero-order chi connectivity index (χ0) is 20.1. The molecule has 0 saturated carbocycles. The van der Waals surface area contributed by atoms with Crippen molar-refractivity contribution in [2.75, 3.05) is 44.2 Å². The summed E-state index contributed by atoms with van der Waals surface area (Å²) in [5.41, 5.74) is 1.38. The minimum atomic E-state index is -0.397. The van der Waals surface area contributed by atoms with Crippen LogP contribution in [0.15, 0.2) is 53.9 Å². The highest BCUT2D eigenvalue weighted by Gasteiger charge is 2.18. The molecule has 0 spiro atoms. The molecule has 0 aliphatic carbocycles. The first kappa shape index (κ1) is 19.7. The van der Waals surface area contributed by atoms with Gasteiger partial charge in [-0.2, -0.15) is 0 Å². The lowest BCUT2D eigenvalue weighted by molar-refractivity contribution is -0.385.